The average molecular weight is 463 g/mol. The van der Waals surface area contributed by atoms with Gasteiger partial charge in [-0.3, -0.25) is 0 Å². The number of urea groups is 1. The van der Waals surface area contributed by atoms with Gasteiger partial charge in [0.25, 0.3) is 0 Å². The van der Waals surface area contributed by atoms with E-state index < -0.39 is 0 Å². The Labute approximate surface area is 196 Å². The highest BCUT2D eigenvalue weighted by Crippen LogP contribution is 2.25. The first-order valence-electron chi connectivity index (χ1n) is 10.7. The van der Waals surface area contributed by atoms with Crippen molar-refractivity contribution in [2.75, 3.05) is 37.6 Å². The van der Waals surface area contributed by atoms with Gasteiger partial charge in [-0.25, -0.2) is 9.48 Å². The molecule has 0 aliphatic carbocycles. The van der Waals surface area contributed by atoms with Crippen molar-refractivity contribution in [3.63, 3.8) is 0 Å². The highest BCUT2D eigenvalue weighted by Gasteiger charge is 2.17. The quantitative estimate of drug-likeness (QED) is 0.331. The second-order valence-electron chi connectivity index (χ2n) is 7.01. The van der Waals surface area contributed by atoms with Crippen LogP contribution in [0.3, 0.4) is 0 Å². The van der Waals surface area contributed by atoms with E-state index in [0.29, 0.717) is 48.5 Å². The van der Waals surface area contributed by atoms with Crippen LogP contribution in [0.5, 0.6) is 11.8 Å². The summed E-state index contributed by atoms with van der Waals surface area (Å²) in [5.74, 6) is 1.76. The lowest BCUT2D eigenvalue weighted by molar-refractivity contribution is 0.106. The van der Waals surface area contributed by atoms with Crippen LogP contribution in [0.25, 0.3) is 17.3 Å². The summed E-state index contributed by atoms with van der Waals surface area (Å²) in [6, 6.07) is 17.7. The molecule has 10 nitrogen and oxygen atoms in total. The molecule has 2 heterocycles. The molecule has 2 N–H and O–H groups in total. The van der Waals surface area contributed by atoms with Gasteiger partial charge in [0.05, 0.1) is 25.7 Å². The molecule has 0 saturated heterocycles. The van der Waals surface area contributed by atoms with E-state index in [1.807, 2.05) is 19.1 Å². The number of nitrogens with one attached hydrogen (secondary N) is 2. The van der Waals surface area contributed by atoms with Gasteiger partial charge in [0.2, 0.25) is 5.82 Å². The van der Waals surface area contributed by atoms with Gasteiger partial charge in [-0.2, -0.15) is 4.98 Å². The van der Waals surface area contributed by atoms with Crippen molar-refractivity contribution in [1.82, 2.24) is 14.8 Å². The molecular formula is C24H25N5O5. The number of ether oxygens (including phenoxy) is 3. The second kappa shape index (κ2) is 11.0. The van der Waals surface area contributed by atoms with Crippen molar-refractivity contribution in [1.29, 1.82) is 0 Å². The summed E-state index contributed by atoms with van der Waals surface area (Å²) < 4.78 is 23.2. The Hall–Kier alpha value is -4.31. The first kappa shape index (κ1) is 22.9. The highest BCUT2D eigenvalue weighted by atomic mass is 16.5. The van der Waals surface area contributed by atoms with Gasteiger partial charge < -0.3 is 29.3 Å². The first-order chi connectivity index (χ1) is 16.7. The van der Waals surface area contributed by atoms with Crippen molar-refractivity contribution >= 4 is 17.4 Å². The second-order valence-corrected chi connectivity index (χ2v) is 7.01. The topological polar surface area (TPSA) is 113 Å². The fourth-order valence-corrected chi connectivity index (χ4v) is 3.09. The summed E-state index contributed by atoms with van der Waals surface area (Å²) in [4.78, 5) is 16.8. The number of rotatable bonds is 10. The molecule has 0 saturated carbocycles. The third-order valence-corrected chi connectivity index (χ3v) is 4.71. The molecule has 4 aromatic rings. The van der Waals surface area contributed by atoms with Crippen LogP contribution in [0.2, 0.25) is 0 Å². The first-order valence-corrected chi connectivity index (χ1v) is 10.7. The average Bonchev–Trinajstić information content (AvgIpc) is 3.53. The Bertz CT molecular complexity index is 1190. The summed E-state index contributed by atoms with van der Waals surface area (Å²) >= 11 is 0. The maximum Gasteiger partial charge on any atom is 0.336 e. The molecule has 10 heteroatoms. The zero-order valence-electron chi connectivity index (χ0n) is 18.9. The maximum atomic E-state index is 12.3. The molecule has 0 spiro atoms. The van der Waals surface area contributed by atoms with Gasteiger partial charge in [-0.15, -0.1) is 5.10 Å². The fraction of sp³-hybridized carbons (Fsp3) is 0.208. The molecule has 2 aromatic carbocycles. The Balaban J connectivity index is 1.45. The molecular weight excluding hydrogens is 438 g/mol. The van der Waals surface area contributed by atoms with E-state index in [2.05, 4.69) is 20.7 Å². The van der Waals surface area contributed by atoms with Gasteiger partial charge >= 0.3 is 12.0 Å². The summed E-state index contributed by atoms with van der Waals surface area (Å²) in [7, 11) is 1.59. The number of furan rings is 1. The highest BCUT2D eigenvalue weighted by molar-refractivity contribution is 5.99. The summed E-state index contributed by atoms with van der Waals surface area (Å²) in [6.45, 7) is 3.31. The van der Waals surface area contributed by atoms with Gasteiger partial charge in [0.1, 0.15) is 12.4 Å². The lowest BCUT2D eigenvalue weighted by atomic mass is 10.2. The number of amides is 2. The minimum absolute atomic E-state index is 0.215. The van der Waals surface area contributed by atoms with Gasteiger partial charge in [0.15, 0.2) is 5.76 Å². The van der Waals surface area contributed by atoms with Gasteiger partial charge in [-0.1, -0.05) is 0 Å². The lowest BCUT2D eigenvalue weighted by Gasteiger charge is -2.09. The van der Waals surface area contributed by atoms with E-state index in [1.54, 1.807) is 66.6 Å². The smallest absolute Gasteiger partial charge is 0.336 e. The molecule has 0 atom stereocenters. The van der Waals surface area contributed by atoms with E-state index in [0.717, 1.165) is 5.69 Å². The van der Waals surface area contributed by atoms with Crippen molar-refractivity contribution < 1.29 is 23.4 Å². The number of hydrogen-bond donors (Lipinski definition) is 2. The SMILES string of the molecule is CCOCCOc1nc(-c2ccco2)n(-c2ccc(NC(=O)Nc3ccc(OC)cc3)cc2)n1. The zero-order chi connectivity index (χ0) is 23.8. The Morgan fingerprint density at radius 3 is 2.32 bits per heavy atom. The zero-order valence-corrected chi connectivity index (χ0v) is 18.9. The van der Waals surface area contributed by atoms with E-state index in [1.165, 1.54) is 0 Å². The molecule has 0 fully saturated rings. The minimum atomic E-state index is -0.361. The molecule has 4 rings (SSSR count). The van der Waals surface area contributed by atoms with Crippen LogP contribution >= 0.6 is 0 Å². The normalized spacial score (nSPS) is 10.6. The van der Waals surface area contributed by atoms with Crippen molar-refractivity contribution in [3.05, 3.63) is 66.9 Å². The summed E-state index contributed by atoms with van der Waals surface area (Å²) in [5, 5.41) is 10.0. The predicted molar refractivity (Wildman–Crippen MR) is 127 cm³/mol. The number of aromatic nitrogens is 3. The maximum absolute atomic E-state index is 12.3. The molecule has 0 radical (unpaired) electrons. The third-order valence-electron chi connectivity index (χ3n) is 4.71. The lowest BCUT2D eigenvalue weighted by Crippen LogP contribution is -2.19. The fourth-order valence-electron chi connectivity index (χ4n) is 3.09. The molecule has 176 valence electrons. The monoisotopic (exact) mass is 463 g/mol. The standard InChI is InChI=1S/C24H25N5O5/c1-3-32-15-16-34-24-27-22(21-5-4-14-33-21)29(28-24)19-10-6-17(7-11-19)25-23(30)26-18-8-12-20(31-2)13-9-18/h4-14H,3,15-16H2,1-2H3,(H2,25,26,30). The third kappa shape index (κ3) is 5.73. The molecule has 2 amide bonds. The van der Waals surface area contributed by atoms with Crippen LogP contribution in [-0.2, 0) is 4.74 Å². The van der Waals surface area contributed by atoms with Crippen LogP contribution in [0.15, 0.2) is 71.3 Å². The predicted octanol–water partition coefficient (Wildman–Crippen LogP) is 4.60. The van der Waals surface area contributed by atoms with Gasteiger partial charge in [-0.05, 0) is 67.6 Å². The van der Waals surface area contributed by atoms with E-state index in [4.69, 9.17) is 18.6 Å². The van der Waals surface area contributed by atoms with Crippen molar-refractivity contribution in [2.24, 2.45) is 0 Å². The molecule has 0 unspecified atom stereocenters. The number of benzene rings is 2. The Morgan fingerprint density at radius 1 is 1.00 bits per heavy atom. The van der Waals surface area contributed by atoms with Crippen LogP contribution in [0.4, 0.5) is 16.2 Å². The van der Waals surface area contributed by atoms with E-state index >= 15 is 0 Å². The van der Waals surface area contributed by atoms with Crippen LogP contribution in [0, 0.1) is 0 Å². The number of methoxy groups -OCH3 is 1. The molecule has 0 bridgehead atoms. The number of carbonyl (C=O) groups is 1. The largest absolute Gasteiger partial charge is 0.497 e. The van der Waals surface area contributed by atoms with Crippen molar-refractivity contribution in [2.45, 2.75) is 6.92 Å². The molecule has 2 aromatic heterocycles. The number of nitrogens with zero attached hydrogens (tertiary/aromatic N) is 3. The minimum Gasteiger partial charge on any atom is -0.497 e. The number of carbonyl (C=O) groups excluding carboxylic acids is 1. The molecule has 34 heavy (non-hydrogen) atoms. The number of anilines is 2. The Morgan fingerprint density at radius 2 is 1.71 bits per heavy atom. The molecule has 0 aliphatic heterocycles. The summed E-state index contributed by atoms with van der Waals surface area (Å²) in [6.07, 6.45) is 1.57. The summed E-state index contributed by atoms with van der Waals surface area (Å²) in [5.41, 5.74) is 1.99. The number of hydrogen-bond acceptors (Lipinski definition) is 7. The molecule has 0 aliphatic rings. The van der Waals surface area contributed by atoms with Gasteiger partial charge in [0, 0.05) is 18.0 Å². The van der Waals surface area contributed by atoms with Crippen molar-refractivity contribution in [3.8, 4) is 29.0 Å². The van der Waals surface area contributed by atoms with Crippen LogP contribution < -0.4 is 20.1 Å². The van der Waals surface area contributed by atoms with Crippen LogP contribution in [-0.4, -0.2) is 47.7 Å². The van der Waals surface area contributed by atoms with E-state index in [-0.39, 0.29) is 12.0 Å². The van der Waals surface area contributed by atoms with E-state index in [9.17, 15) is 4.79 Å². The van der Waals surface area contributed by atoms with Crippen LogP contribution in [0.1, 0.15) is 6.92 Å². The Kier molecular flexibility index (Phi) is 7.41.